The lowest BCUT2D eigenvalue weighted by molar-refractivity contribution is -0.120. The molecule has 1 aliphatic carbocycles. The van der Waals surface area contributed by atoms with Crippen LogP contribution in [0.4, 0.5) is 17.6 Å². The molecule has 3 aromatic rings. The van der Waals surface area contributed by atoms with Crippen molar-refractivity contribution in [3.05, 3.63) is 40.9 Å². The normalized spacial score (nSPS) is 20.8. The van der Waals surface area contributed by atoms with Gasteiger partial charge >= 0.3 is 0 Å². The van der Waals surface area contributed by atoms with E-state index in [2.05, 4.69) is 35.1 Å². The smallest absolute Gasteiger partial charge is 0.237 e. The molecule has 2 fully saturated rings. The van der Waals surface area contributed by atoms with E-state index in [1.165, 1.54) is 18.0 Å². The molecule has 1 spiro atoms. The Labute approximate surface area is 251 Å². The van der Waals surface area contributed by atoms with Crippen LogP contribution in [0, 0.1) is 11.3 Å². The summed E-state index contributed by atoms with van der Waals surface area (Å²) in [7, 11) is 0. The molecule has 1 aliphatic heterocycles. The SMILES string of the molecule is C[C@@H]1C(=O)CC2(CCN(c3cnc(Sc4ccnc(Nc5ncc(Cl)c(OC[C@H](O)CO)n5)c4Cl)cn3)CC2)[C@H]1N. The zero-order chi connectivity index (χ0) is 29.1. The topological polar surface area (TPSA) is 173 Å². The molecule has 3 aromatic heterocycles. The number of anilines is 3. The molecule has 2 aliphatic rings. The average Bonchev–Trinajstić information content (AvgIpc) is 3.18. The molecule has 15 heteroatoms. The molecule has 0 unspecified atom stereocenters. The Morgan fingerprint density at radius 1 is 1.22 bits per heavy atom. The number of halogens is 2. The van der Waals surface area contributed by atoms with Crippen LogP contribution >= 0.6 is 35.0 Å². The summed E-state index contributed by atoms with van der Waals surface area (Å²) in [5, 5.41) is 22.6. The third kappa shape index (κ3) is 6.50. The number of aromatic nitrogens is 5. The Morgan fingerprint density at radius 3 is 2.66 bits per heavy atom. The number of rotatable bonds is 9. The minimum absolute atomic E-state index is 0.0340. The number of carbonyl (C=O) groups is 1. The van der Waals surface area contributed by atoms with Gasteiger partial charge in [-0.2, -0.15) is 4.98 Å². The monoisotopic (exact) mass is 620 g/mol. The number of piperidine rings is 1. The number of pyridine rings is 1. The fraction of sp³-hybridized carbons (Fsp3) is 0.462. The van der Waals surface area contributed by atoms with Crippen LogP contribution in [0.5, 0.6) is 5.88 Å². The molecule has 5 rings (SSSR count). The van der Waals surface area contributed by atoms with Crippen molar-refractivity contribution in [3.8, 4) is 5.88 Å². The molecule has 5 N–H and O–H groups in total. The second-order valence-corrected chi connectivity index (χ2v) is 12.1. The van der Waals surface area contributed by atoms with Crippen molar-refractivity contribution in [1.82, 2.24) is 24.9 Å². The first-order valence-electron chi connectivity index (χ1n) is 13.1. The van der Waals surface area contributed by atoms with Crippen LogP contribution in [-0.4, -0.2) is 79.4 Å². The average molecular weight is 622 g/mol. The second-order valence-electron chi connectivity index (χ2n) is 10.2. The highest BCUT2D eigenvalue weighted by Gasteiger charge is 2.50. The minimum Gasteiger partial charge on any atom is -0.474 e. The van der Waals surface area contributed by atoms with E-state index in [4.69, 9.17) is 38.8 Å². The largest absolute Gasteiger partial charge is 0.474 e. The van der Waals surface area contributed by atoms with Crippen molar-refractivity contribution in [2.24, 2.45) is 17.1 Å². The Bertz CT molecular complexity index is 1390. The first-order chi connectivity index (χ1) is 19.7. The summed E-state index contributed by atoms with van der Waals surface area (Å²) >= 11 is 14.0. The standard InChI is InChI=1S/C26H30Cl2N8O4S/c1-14-17(39)8-26(22(14)29)3-6-36(7-4-26)19-10-32-20(11-31-19)41-18-2-5-30-23(21(18)28)34-25-33-9-16(27)24(35-25)40-13-15(38)12-37/h2,5,9-11,14-15,22,37-38H,3-4,6-8,12-13,29H2,1H3,(H,30,33,34,35)/t14-,15-,22+/m1/s1. The van der Waals surface area contributed by atoms with E-state index in [9.17, 15) is 9.90 Å². The summed E-state index contributed by atoms with van der Waals surface area (Å²) in [6, 6.07) is 1.68. The lowest BCUT2D eigenvalue weighted by Gasteiger charge is -2.42. The van der Waals surface area contributed by atoms with Crippen LogP contribution in [0.2, 0.25) is 10.0 Å². The zero-order valence-corrected chi connectivity index (χ0v) is 24.5. The second kappa shape index (κ2) is 12.6. The number of hydrogen-bond donors (Lipinski definition) is 4. The summed E-state index contributed by atoms with van der Waals surface area (Å²) in [5.74, 6) is 1.45. The van der Waals surface area contributed by atoms with Gasteiger partial charge in [0.1, 0.15) is 34.4 Å². The summed E-state index contributed by atoms with van der Waals surface area (Å²) in [5.41, 5.74) is 6.33. The number of nitrogens with zero attached hydrogens (tertiary/aromatic N) is 6. The summed E-state index contributed by atoms with van der Waals surface area (Å²) in [4.78, 5) is 36.9. The number of aliphatic hydroxyl groups is 2. The maximum atomic E-state index is 12.2. The lowest BCUT2D eigenvalue weighted by Crippen LogP contribution is -2.48. The van der Waals surface area contributed by atoms with Gasteiger partial charge in [-0.1, -0.05) is 41.9 Å². The highest BCUT2D eigenvalue weighted by atomic mass is 35.5. The maximum absolute atomic E-state index is 12.2. The Kier molecular flexibility index (Phi) is 9.12. The molecule has 1 saturated heterocycles. The summed E-state index contributed by atoms with van der Waals surface area (Å²) in [6.45, 7) is 2.85. The van der Waals surface area contributed by atoms with Gasteiger partial charge in [-0.05, 0) is 24.3 Å². The Hall–Kier alpha value is -2.81. The third-order valence-electron chi connectivity index (χ3n) is 7.61. The van der Waals surface area contributed by atoms with E-state index in [1.807, 2.05) is 6.92 Å². The molecule has 4 heterocycles. The molecular formula is C26H30Cl2N8O4S. The van der Waals surface area contributed by atoms with Crippen LogP contribution in [0.15, 0.2) is 40.8 Å². The number of nitrogens with two attached hydrogens (primary N) is 1. The van der Waals surface area contributed by atoms with Crippen molar-refractivity contribution in [2.75, 3.05) is 36.5 Å². The molecule has 1 saturated carbocycles. The first-order valence-corrected chi connectivity index (χ1v) is 14.7. The third-order valence-corrected chi connectivity index (χ3v) is 9.35. The fourth-order valence-corrected chi connectivity index (χ4v) is 6.30. The Morgan fingerprint density at radius 2 is 2.00 bits per heavy atom. The highest BCUT2D eigenvalue weighted by Crippen LogP contribution is 2.46. The number of carbonyl (C=O) groups excluding carboxylic acids is 1. The number of hydrogen-bond acceptors (Lipinski definition) is 13. The van der Waals surface area contributed by atoms with Crippen LogP contribution in [0.25, 0.3) is 0 Å². The molecule has 0 bridgehead atoms. The van der Waals surface area contributed by atoms with Gasteiger partial charge < -0.3 is 30.9 Å². The summed E-state index contributed by atoms with van der Waals surface area (Å²) < 4.78 is 5.36. The van der Waals surface area contributed by atoms with E-state index in [1.54, 1.807) is 24.7 Å². The van der Waals surface area contributed by atoms with Gasteiger partial charge in [0.05, 0.1) is 30.2 Å². The van der Waals surface area contributed by atoms with Crippen molar-refractivity contribution < 1.29 is 19.7 Å². The molecule has 12 nitrogen and oxygen atoms in total. The molecular weight excluding hydrogens is 591 g/mol. The van der Waals surface area contributed by atoms with Gasteiger partial charge in [0.25, 0.3) is 0 Å². The minimum atomic E-state index is -1.07. The fourth-order valence-electron chi connectivity index (χ4n) is 5.12. The van der Waals surface area contributed by atoms with Crippen LogP contribution < -0.4 is 20.7 Å². The lowest BCUT2D eigenvalue weighted by atomic mass is 9.73. The molecule has 0 radical (unpaired) electrons. The molecule has 41 heavy (non-hydrogen) atoms. The molecule has 3 atom stereocenters. The maximum Gasteiger partial charge on any atom is 0.237 e. The van der Waals surface area contributed by atoms with Crippen LogP contribution in [0.1, 0.15) is 26.2 Å². The van der Waals surface area contributed by atoms with E-state index < -0.39 is 12.7 Å². The Balaban J connectivity index is 1.22. The van der Waals surface area contributed by atoms with Gasteiger partial charge in [0.2, 0.25) is 11.8 Å². The van der Waals surface area contributed by atoms with Crippen LogP contribution in [0.3, 0.4) is 0 Å². The first kappa shape index (κ1) is 29.7. The zero-order valence-electron chi connectivity index (χ0n) is 22.2. The van der Waals surface area contributed by atoms with Crippen molar-refractivity contribution in [3.63, 3.8) is 0 Å². The number of nitrogens with one attached hydrogen (secondary N) is 1. The van der Waals surface area contributed by atoms with E-state index >= 15 is 0 Å². The van der Waals surface area contributed by atoms with E-state index in [-0.39, 0.29) is 46.6 Å². The van der Waals surface area contributed by atoms with Crippen molar-refractivity contribution in [2.45, 2.75) is 48.3 Å². The van der Waals surface area contributed by atoms with Crippen molar-refractivity contribution >= 4 is 58.3 Å². The van der Waals surface area contributed by atoms with Gasteiger partial charge in [-0.25, -0.2) is 19.9 Å². The highest BCUT2D eigenvalue weighted by molar-refractivity contribution is 7.99. The number of ether oxygens (including phenoxy) is 1. The number of aliphatic hydroxyl groups excluding tert-OH is 2. The quantitative estimate of drug-likeness (QED) is 0.275. The van der Waals surface area contributed by atoms with E-state index in [0.717, 1.165) is 31.7 Å². The summed E-state index contributed by atoms with van der Waals surface area (Å²) in [6.07, 6.45) is 7.60. The van der Waals surface area contributed by atoms with Crippen LogP contribution in [-0.2, 0) is 4.79 Å². The molecule has 0 amide bonds. The predicted molar refractivity (Wildman–Crippen MR) is 155 cm³/mol. The molecule has 218 valence electrons. The van der Waals surface area contributed by atoms with Gasteiger partial charge in [-0.15, -0.1) is 0 Å². The number of Topliss-reactive ketones (excluding diaryl/α,β-unsaturated/α-hetero) is 1. The molecule has 0 aromatic carbocycles. The number of ketones is 1. The van der Waals surface area contributed by atoms with Crippen molar-refractivity contribution in [1.29, 1.82) is 0 Å². The van der Waals surface area contributed by atoms with Gasteiger partial charge in [0, 0.05) is 42.6 Å². The van der Waals surface area contributed by atoms with E-state index in [0.29, 0.717) is 27.2 Å². The van der Waals surface area contributed by atoms with Gasteiger partial charge in [-0.3, -0.25) is 4.79 Å². The predicted octanol–water partition coefficient (Wildman–Crippen LogP) is 3.12. The van der Waals surface area contributed by atoms with Gasteiger partial charge in [0.15, 0.2) is 5.82 Å².